The molecule has 2 amide bonds. The lowest BCUT2D eigenvalue weighted by atomic mass is 10.1. The fourth-order valence-electron chi connectivity index (χ4n) is 4.28. The van der Waals surface area contributed by atoms with Crippen molar-refractivity contribution in [2.75, 3.05) is 17.1 Å². The summed E-state index contributed by atoms with van der Waals surface area (Å²) < 4.78 is 80.4. The van der Waals surface area contributed by atoms with Crippen molar-refractivity contribution in [1.82, 2.24) is 10.2 Å². The fraction of sp³-hybridized carbons (Fsp3) is 0.440. The van der Waals surface area contributed by atoms with Crippen LogP contribution >= 0.6 is 11.6 Å². The van der Waals surface area contributed by atoms with Crippen LogP contribution in [0.3, 0.4) is 0 Å². The Bertz CT molecular complexity index is 1280. The van der Waals surface area contributed by atoms with Crippen LogP contribution in [0.5, 0.6) is 0 Å². The molecule has 0 bridgehead atoms. The smallest absolute Gasteiger partial charge is 0.352 e. The van der Waals surface area contributed by atoms with E-state index in [2.05, 4.69) is 5.32 Å². The lowest BCUT2D eigenvalue weighted by molar-refractivity contribution is -0.139. The van der Waals surface area contributed by atoms with Crippen molar-refractivity contribution in [2.24, 2.45) is 0 Å². The maximum atomic E-state index is 14.5. The summed E-state index contributed by atoms with van der Waals surface area (Å²) in [5, 5.41) is 2.22. The highest BCUT2D eigenvalue weighted by molar-refractivity contribution is 7.92. The van der Waals surface area contributed by atoms with E-state index in [1.807, 2.05) is 0 Å². The summed E-state index contributed by atoms with van der Waals surface area (Å²) in [5.41, 5.74) is -1.63. The van der Waals surface area contributed by atoms with Crippen molar-refractivity contribution in [3.05, 3.63) is 64.4 Å². The molecule has 0 saturated heterocycles. The van der Waals surface area contributed by atoms with Crippen LogP contribution in [0.2, 0.25) is 5.02 Å². The van der Waals surface area contributed by atoms with E-state index in [0.29, 0.717) is 10.4 Å². The van der Waals surface area contributed by atoms with E-state index in [9.17, 15) is 35.6 Å². The number of carbonyl (C=O) groups excluding carboxylic acids is 2. The van der Waals surface area contributed by atoms with Crippen molar-refractivity contribution >= 4 is 39.1 Å². The monoisotopic (exact) mass is 577 g/mol. The number of rotatable bonds is 9. The fourth-order valence-corrected chi connectivity index (χ4v) is 5.35. The summed E-state index contributed by atoms with van der Waals surface area (Å²) in [6.45, 7) is 0.141. The van der Waals surface area contributed by atoms with E-state index in [1.54, 1.807) is 6.07 Å². The zero-order chi connectivity index (χ0) is 28.3. The Labute approximate surface area is 223 Å². The molecule has 2 aromatic carbocycles. The Morgan fingerprint density at radius 3 is 2.34 bits per heavy atom. The van der Waals surface area contributed by atoms with Crippen molar-refractivity contribution < 1.29 is 35.6 Å². The predicted molar refractivity (Wildman–Crippen MR) is 135 cm³/mol. The minimum atomic E-state index is -4.87. The van der Waals surface area contributed by atoms with Crippen LogP contribution in [-0.4, -0.2) is 50.0 Å². The molecular formula is C25H28ClF4N3O4S. The maximum Gasteiger partial charge on any atom is 0.417 e. The second-order valence-electron chi connectivity index (χ2n) is 9.21. The molecule has 208 valence electrons. The number of nitrogens with zero attached hydrogens (tertiary/aromatic N) is 2. The van der Waals surface area contributed by atoms with Crippen LogP contribution in [0.4, 0.5) is 23.2 Å². The maximum absolute atomic E-state index is 14.5. The molecular weight excluding hydrogens is 550 g/mol. The molecule has 13 heteroatoms. The van der Waals surface area contributed by atoms with Crippen molar-refractivity contribution in [3.8, 4) is 0 Å². The molecule has 38 heavy (non-hydrogen) atoms. The van der Waals surface area contributed by atoms with E-state index < -0.39 is 62.7 Å². The lowest BCUT2D eigenvalue weighted by Crippen LogP contribution is -2.52. The molecule has 1 aliphatic rings. The van der Waals surface area contributed by atoms with Gasteiger partial charge in [0.15, 0.2) is 0 Å². The first kappa shape index (κ1) is 29.7. The number of halogens is 5. The van der Waals surface area contributed by atoms with Crippen LogP contribution in [-0.2, 0) is 32.3 Å². The Morgan fingerprint density at radius 2 is 1.76 bits per heavy atom. The summed E-state index contributed by atoms with van der Waals surface area (Å²) in [5.74, 6) is -2.05. The van der Waals surface area contributed by atoms with Gasteiger partial charge in [-0.15, -0.1) is 0 Å². The topological polar surface area (TPSA) is 86.8 Å². The Kier molecular flexibility index (Phi) is 9.30. The molecule has 0 aromatic heterocycles. The lowest BCUT2D eigenvalue weighted by Gasteiger charge is -2.32. The first-order valence-corrected chi connectivity index (χ1v) is 14.1. The van der Waals surface area contributed by atoms with E-state index in [4.69, 9.17) is 11.6 Å². The first-order valence-electron chi connectivity index (χ1n) is 11.9. The molecule has 0 heterocycles. The van der Waals surface area contributed by atoms with Crippen LogP contribution in [0.25, 0.3) is 0 Å². The van der Waals surface area contributed by atoms with Gasteiger partial charge in [0, 0.05) is 18.2 Å². The zero-order valence-electron chi connectivity index (χ0n) is 20.8. The minimum absolute atomic E-state index is 0.0715. The summed E-state index contributed by atoms with van der Waals surface area (Å²) in [6, 6.07) is 6.86. The predicted octanol–water partition coefficient (Wildman–Crippen LogP) is 4.74. The molecule has 2 aromatic rings. The second-order valence-corrected chi connectivity index (χ2v) is 11.5. The number of anilines is 1. The number of sulfonamides is 1. The molecule has 7 nitrogen and oxygen atoms in total. The molecule has 1 fully saturated rings. The standard InChI is InChI=1S/C25H28ClF4N3O4S/c1-16(24(35)31-18-8-4-5-9-18)32(14-17-7-3-6-10-22(17)27)23(34)15-33(38(2,36)37)19-11-12-21(26)20(13-19)25(28,29)30/h3,6-7,10-13,16,18H,4-5,8-9,14-15H2,1-2H3,(H,31,35). The van der Waals surface area contributed by atoms with E-state index >= 15 is 0 Å². The van der Waals surface area contributed by atoms with Gasteiger partial charge in [-0.2, -0.15) is 13.2 Å². The first-order chi connectivity index (χ1) is 17.7. The summed E-state index contributed by atoms with van der Waals surface area (Å²) >= 11 is 5.66. The highest BCUT2D eigenvalue weighted by Gasteiger charge is 2.36. The van der Waals surface area contributed by atoms with Gasteiger partial charge < -0.3 is 10.2 Å². The Balaban J connectivity index is 1.95. The van der Waals surface area contributed by atoms with Crippen molar-refractivity contribution in [1.29, 1.82) is 0 Å². The molecule has 1 atom stereocenters. The number of alkyl halides is 3. The quantitative estimate of drug-likeness (QED) is 0.436. The molecule has 0 aliphatic heterocycles. The van der Waals surface area contributed by atoms with E-state index in [0.717, 1.165) is 49.0 Å². The SMILES string of the molecule is CC(C(=O)NC1CCCC1)N(Cc1ccccc1F)C(=O)CN(c1ccc(Cl)c(C(F)(F)F)c1)S(C)(=O)=O. The largest absolute Gasteiger partial charge is 0.417 e. The molecule has 1 saturated carbocycles. The molecule has 1 aliphatic carbocycles. The molecule has 3 rings (SSSR count). The summed E-state index contributed by atoms with van der Waals surface area (Å²) in [6.07, 6.45) is -0.689. The second kappa shape index (κ2) is 11.9. The van der Waals surface area contributed by atoms with Crippen LogP contribution in [0.1, 0.15) is 43.7 Å². The Hall–Kier alpha value is -2.86. The van der Waals surface area contributed by atoms with E-state index in [1.165, 1.54) is 25.1 Å². The highest BCUT2D eigenvalue weighted by Crippen LogP contribution is 2.37. The molecule has 1 unspecified atom stereocenters. The third-order valence-electron chi connectivity index (χ3n) is 6.39. The van der Waals surface area contributed by atoms with Crippen LogP contribution < -0.4 is 9.62 Å². The number of nitrogens with one attached hydrogen (secondary N) is 1. The van der Waals surface area contributed by atoms with Gasteiger partial charge in [-0.25, -0.2) is 12.8 Å². The number of hydrogen-bond donors (Lipinski definition) is 1. The minimum Gasteiger partial charge on any atom is -0.352 e. The van der Waals surface area contributed by atoms with Gasteiger partial charge in [0.2, 0.25) is 21.8 Å². The van der Waals surface area contributed by atoms with Gasteiger partial charge in [-0.05, 0) is 44.0 Å². The highest BCUT2D eigenvalue weighted by atomic mass is 35.5. The summed E-state index contributed by atoms with van der Waals surface area (Å²) in [4.78, 5) is 27.5. The van der Waals surface area contributed by atoms with Gasteiger partial charge in [-0.3, -0.25) is 13.9 Å². The van der Waals surface area contributed by atoms with Crippen LogP contribution in [0, 0.1) is 5.82 Å². The van der Waals surface area contributed by atoms with E-state index in [-0.39, 0.29) is 18.2 Å². The summed E-state index contributed by atoms with van der Waals surface area (Å²) in [7, 11) is -4.27. The third-order valence-corrected chi connectivity index (χ3v) is 7.86. The zero-order valence-corrected chi connectivity index (χ0v) is 22.3. The van der Waals surface area contributed by atoms with Gasteiger partial charge in [0.25, 0.3) is 0 Å². The van der Waals surface area contributed by atoms with Crippen molar-refractivity contribution in [3.63, 3.8) is 0 Å². The van der Waals surface area contributed by atoms with Crippen LogP contribution in [0.15, 0.2) is 42.5 Å². The average Bonchev–Trinajstić information content (AvgIpc) is 3.33. The molecule has 0 radical (unpaired) electrons. The van der Waals surface area contributed by atoms with Gasteiger partial charge in [-0.1, -0.05) is 42.6 Å². The van der Waals surface area contributed by atoms with Crippen molar-refractivity contribution in [2.45, 2.75) is 57.4 Å². The van der Waals surface area contributed by atoms with Gasteiger partial charge in [0.1, 0.15) is 18.4 Å². The number of benzene rings is 2. The number of carbonyl (C=O) groups is 2. The normalized spacial score (nSPS) is 15.2. The molecule has 1 N–H and O–H groups in total. The number of hydrogen-bond acceptors (Lipinski definition) is 4. The average molecular weight is 578 g/mol. The van der Waals surface area contributed by atoms with Gasteiger partial charge >= 0.3 is 6.18 Å². The Morgan fingerprint density at radius 1 is 1.13 bits per heavy atom. The van der Waals surface area contributed by atoms with Gasteiger partial charge in [0.05, 0.1) is 22.5 Å². The third kappa shape index (κ3) is 7.37. The number of amides is 2. The molecule has 0 spiro atoms.